The van der Waals surface area contributed by atoms with Crippen molar-refractivity contribution < 1.29 is 0 Å². The lowest BCUT2D eigenvalue weighted by atomic mass is 10.5. The van der Waals surface area contributed by atoms with E-state index < -0.39 is 0 Å². The molecule has 2 atom stereocenters. The van der Waals surface area contributed by atoms with Crippen molar-refractivity contribution in [1.29, 1.82) is 0 Å². The van der Waals surface area contributed by atoms with Gasteiger partial charge < -0.3 is 11.1 Å². The van der Waals surface area contributed by atoms with Gasteiger partial charge in [-0.15, -0.1) is 0 Å². The van der Waals surface area contributed by atoms with E-state index >= 15 is 0 Å². The molecule has 0 aromatic heterocycles. The van der Waals surface area contributed by atoms with E-state index in [9.17, 15) is 0 Å². The first-order valence-corrected chi connectivity index (χ1v) is 2.42. The number of rotatable bonds is 0. The van der Waals surface area contributed by atoms with Gasteiger partial charge >= 0.3 is 0 Å². The second-order valence-electron chi connectivity index (χ2n) is 1.34. The Labute approximate surface area is 46.6 Å². The van der Waals surface area contributed by atoms with Crippen LogP contribution in [-0.4, -0.2) is 18.0 Å². The van der Waals surface area contributed by atoms with Gasteiger partial charge in [0.15, 0.2) is 5.50 Å². The Morgan fingerprint density at radius 1 is 1.86 bits per heavy atom. The van der Waals surface area contributed by atoms with Gasteiger partial charge in [0.05, 0.1) is 6.34 Å². The van der Waals surface area contributed by atoms with E-state index in [2.05, 4.69) is 10.3 Å². The van der Waals surface area contributed by atoms with Crippen LogP contribution in [0.3, 0.4) is 0 Å². The van der Waals surface area contributed by atoms with Gasteiger partial charge in [-0.05, 0) is 0 Å². The summed E-state index contributed by atoms with van der Waals surface area (Å²) in [5.41, 5.74) is 5.03. The molecule has 0 spiro atoms. The Morgan fingerprint density at radius 3 is 2.71 bits per heavy atom. The van der Waals surface area contributed by atoms with E-state index in [4.69, 9.17) is 17.3 Å². The zero-order valence-electron chi connectivity index (χ0n) is 3.63. The fourth-order valence-corrected chi connectivity index (χ4v) is 0.502. The number of hydrogen-bond donors (Lipinski definition) is 2. The maximum absolute atomic E-state index is 5.48. The van der Waals surface area contributed by atoms with Gasteiger partial charge in [-0.2, -0.15) is 0 Å². The highest BCUT2D eigenvalue weighted by atomic mass is 35.5. The molecule has 1 rings (SSSR count). The molecule has 3 nitrogen and oxygen atoms in total. The third-order valence-electron chi connectivity index (χ3n) is 0.780. The SMILES string of the molecule is NC1NC=NC1Cl. The van der Waals surface area contributed by atoms with Crippen LogP contribution in [-0.2, 0) is 0 Å². The van der Waals surface area contributed by atoms with Crippen molar-refractivity contribution in [1.82, 2.24) is 5.32 Å². The first kappa shape index (κ1) is 4.87. The topological polar surface area (TPSA) is 50.4 Å². The van der Waals surface area contributed by atoms with Crippen LogP contribution in [0.5, 0.6) is 0 Å². The number of nitrogens with zero attached hydrogens (tertiary/aromatic N) is 1. The lowest BCUT2D eigenvalue weighted by Crippen LogP contribution is -2.37. The van der Waals surface area contributed by atoms with Crippen LogP contribution in [0.25, 0.3) is 0 Å². The molecule has 1 heterocycles. The summed E-state index contributed by atoms with van der Waals surface area (Å²) in [4.78, 5) is 3.72. The van der Waals surface area contributed by atoms with Crippen LogP contribution in [0.4, 0.5) is 0 Å². The molecule has 1 aliphatic rings. The minimum absolute atomic E-state index is 0.193. The monoisotopic (exact) mass is 119 g/mol. The average molecular weight is 120 g/mol. The van der Waals surface area contributed by atoms with E-state index in [1.54, 1.807) is 0 Å². The van der Waals surface area contributed by atoms with Gasteiger partial charge in [0.1, 0.15) is 6.17 Å². The molecule has 0 radical (unpaired) electrons. The van der Waals surface area contributed by atoms with Gasteiger partial charge in [0.2, 0.25) is 0 Å². The summed E-state index contributed by atoms with van der Waals surface area (Å²) >= 11 is 5.48. The van der Waals surface area contributed by atoms with Crippen molar-refractivity contribution in [3.8, 4) is 0 Å². The number of halogens is 1. The molecular formula is C3H6ClN3. The summed E-state index contributed by atoms with van der Waals surface area (Å²) in [5.74, 6) is 0. The molecule has 0 aromatic carbocycles. The molecule has 0 amide bonds. The first-order valence-electron chi connectivity index (χ1n) is 1.98. The van der Waals surface area contributed by atoms with Gasteiger partial charge in [0, 0.05) is 0 Å². The van der Waals surface area contributed by atoms with E-state index in [-0.39, 0.29) is 11.7 Å². The minimum Gasteiger partial charge on any atom is -0.358 e. The number of nitrogens with one attached hydrogen (secondary N) is 1. The Hall–Kier alpha value is -0.280. The number of nitrogens with two attached hydrogens (primary N) is 1. The lowest BCUT2D eigenvalue weighted by Gasteiger charge is -2.03. The van der Waals surface area contributed by atoms with Crippen molar-refractivity contribution in [2.45, 2.75) is 11.7 Å². The summed E-state index contributed by atoms with van der Waals surface area (Å²) in [6.07, 6.45) is 1.32. The molecule has 4 heteroatoms. The van der Waals surface area contributed by atoms with E-state index in [0.29, 0.717) is 0 Å². The summed E-state index contributed by atoms with van der Waals surface area (Å²) < 4.78 is 0. The maximum Gasteiger partial charge on any atom is 0.158 e. The van der Waals surface area contributed by atoms with E-state index in [1.807, 2.05) is 0 Å². The highest BCUT2D eigenvalue weighted by Crippen LogP contribution is 2.01. The Balaban J connectivity index is 2.45. The molecule has 40 valence electrons. The van der Waals surface area contributed by atoms with Crippen LogP contribution >= 0.6 is 11.6 Å². The summed E-state index contributed by atoms with van der Waals surface area (Å²) in [6.45, 7) is 0. The van der Waals surface area contributed by atoms with Crippen molar-refractivity contribution >= 4 is 17.9 Å². The third-order valence-corrected chi connectivity index (χ3v) is 1.16. The second kappa shape index (κ2) is 1.68. The van der Waals surface area contributed by atoms with E-state index in [0.717, 1.165) is 0 Å². The molecule has 0 aliphatic carbocycles. The van der Waals surface area contributed by atoms with Gasteiger partial charge in [0.25, 0.3) is 0 Å². The zero-order valence-corrected chi connectivity index (χ0v) is 4.39. The predicted molar refractivity (Wildman–Crippen MR) is 29.2 cm³/mol. The maximum atomic E-state index is 5.48. The summed E-state index contributed by atoms with van der Waals surface area (Å²) in [6, 6.07) is 0. The normalized spacial score (nSPS) is 38.6. The van der Waals surface area contributed by atoms with Crippen LogP contribution in [0, 0.1) is 0 Å². The molecule has 1 aliphatic heterocycles. The predicted octanol–water partition coefficient (Wildman–Crippen LogP) is -0.532. The van der Waals surface area contributed by atoms with Gasteiger partial charge in [-0.3, -0.25) is 4.99 Å². The van der Waals surface area contributed by atoms with Crippen LogP contribution < -0.4 is 11.1 Å². The largest absolute Gasteiger partial charge is 0.358 e. The molecule has 7 heavy (non-hydrogen) atoms. The number of aliphatic imine (C=N–C) groups is 1. The van der Waals surface area contributed by atoms with Crippen molar-refractivity contribution in [2.75, 3.05) is 0 Å². The van der Waals surface area contributed by atoms with Crippen LogP contribution in [0.15, 0.2) is 4.99 Å². The molecule has 0 saturated carbocycles. The Morgan fingerprint density at radius 2 is 2.57 bits per heavy atom. The smallest absolute Gasteiger partial charge is 0.158 e. The third kappa shape index (κ3) is 0.838. The zero-order chi connectivity index (χ0) is 5.28. The standard InChI is InChI=1S/C3H6ClN3/c4-2-3(5)7-1-6-2/h1-3H,5H2,(H,6,7). The number of hydrogen-bond acceptors (Lipinski definition) is 3. The second-order valence-corrected chi connectivity index (χ2v) is 1.79. The fraction of sp³-hybridized carbons (Fsp3) is 0.667. The molecule has 0 fully saturated rings. The van der Waals surface area contributed by atoms with Gasteiger partial charge in [-0.1, -0.05) is 11.6 Å². The van der Waals surface area contributed by atoms with Crippen molar-refractivity contribution in [3.05, 3.63) is 0 Å². The molecule has 0 saturated heterocycles. The van der Waals surface area contributed by atoms with Gasteiger partial charge in [-0.25, -0.2) is 0 Å². The highest BCUT2D eigenvalue weighted by Gasteiger charge is 2.14. The first-order chi connectivity index (χ1) is 3.30. The molecule has 0 bridgehead atoms. The summed E-state index contributed by atoms with van der Waals surface area (Å²) in [5, 5.41) is 2.72. The Bertz CT molecular complexity index is 92.2. The number of alkyl halides is 1. The quantitative estimate of drug-likeness (QED) is 0.333. The minimum atomic E-state index is -0.278. The average Bonchev–Trinajstić information content (AvgIpc) is 1.91. The van der Waals surface area contributed by atoms with Crippen LogP contribution in [0.1, 0.15) is 0 Å². The summed E-state index contributed by atoms with van der Waals surface area (Å²) in [7, 11) is 0. The van der Waals surface area contributed by atoms with E-state index in [1.165, 1.54) is 6.34 Å². The molecule has 3 N–H and O–H groups in total. The molecule has 2 unspecified atom stereocenters. The fourth-order valence-electron chi connectivity index (χ4n) is 0.372. The lowest BCUT2D eigenvalue weighted by molar-refractivity contribution is 0.655. The molecule has 0 aromatic rings. The van der Waals surface area contributed by atoms with Crippen LogP contribution in [0.2, 0.25) is 0 Å². The molecular weight excluding hydrogens is 114 g/mol. The van der Waals surface area contributed by atoms with Crippen molar-refractivity contribution in [3.63, 3.8) is 0 Å². The Kier molecular flexibility index (Phi) is 1.17. The highest BCUT2D eigenvalue weighted by molar-refractivity contribution is 6.21. The van der Waals surface area contributed by atoms with Crippen molar-refractivity contribution in [2.24, 2.45) is 10.7 Å².